The van der Waals surface area contributed by atoms with E-state index in [-0.39, 0.29) is 23.8 Å². The number of nitro groups is 1. The highest BCUT2D eigenvalue weighted by Crippen LogP contribution is 2.25. The summed E-state index contributed by atoms with van der Waals surface area (Å²) in [4.78, 5) is 37.9. The van der Waals surface area contributed by atoms with Gasteiger partial charge in [0.25, 0.3) is 11.6 Å². The van der Waals surface area contributed by atoms with Gasteiger partial charge >= 0.3 is 0 Å². The lowest BCUT2D eigenvalue weighted by Crippen LogP contribution is -2.42. The Bertz CT molecular complexity index is 1420. The Kier molecular flexibility index (Phi) is 7.38. The maximum absolute atomic E-state index is 13.5. The van der Waals surface area contributed by atoms with E-state index < -0.39 is 22.6 Å². The molecule has 0 atom stereocenters. The average molecular weight is 502 g/mol. The molecule has 37 heavy (non-hydrogen) atoms. The number of halogens is 1. The number of hydrogen-bond donors (Lipinski definition) is 1. The topological polar surface area (TPSA) is 110 Å². The SMILES string of the molecule is CC(C)N(CC(=O)Nc1cc(-c2ccccc2)nn1-c1ccc(F)cc1)C(=O)c1ccc([N+](=O)[O-])cc1. The molecule has 1 heterocycles. The average Bonchev–Trinajstić information content (AvgIpc) is 3.31. The second-order valence-corrected chi connectivity index (χ2v) is 8.55. The molecule has 1 aromatic heterocycles. The van der Waals surface area contributed by atoms with Crippen LogP contribution < -0.4 is 5.32 Å². The number of carbonyl (C=O) groups excluding carboxylic acids is 2. The molecule has 1 N–H and O–H groups in total. The molecule has 188 valence electrons. The van der Waals surface area contributed by atoms with E-state index >= 15 is 0 Å². The van der Waals surface area contributed by atoms with Crippen LogP contribution in [0.1, 0.15) is 24.2 Å². The summed E-state index contributed by atoms with van der Waals surface area (Å²) in [5.74, 6) is -0.951. The van der Waals surface area contributed by atoms with E-state index in [1.54, 1.807) is 32.0 Å². The first-order chi connectivity index (χ1) is 17.7. The third-order valence-corrected chi connectivity index (χ3v) is 5.64. The first-order valence-electron chi connectivity index (χ1n) is 11.5. The van der Waals surface area contributed by atoms with Crippen molar-refractivity contribution in [2.45, 2.75) is 19.9 Å². The summed E-state index contributed by atoms with van der Waals surface area (Å²) in [6, 6.07) is 21.7. The molecule has 0 fully saturated rings. The minimum Gasteiger partial charge on any atom is -0.327 e. The van der Waals surface area contributed by atoms with Crippen molar-refractivity contribution in [3.8, 4) is 16.9 Å². The summed E-state index contributed by atoms with van der Waals surface area (Å²) in [5, 5.41) is 18.3. The molecule has 0 unspecified atom stereocenters. The summed E-state index contributed by atoms with van der Waals surface area (Å²) in [6.45, 7) is 3.28. The van der Waals surface area contributed by atoms with Crippen LogP contribution in [-0.2, 0) is 4.79 Å². The highest BCUT2D eigenvalue weighted by Gasteiger charge is 2.23. The number of carbonyl (C=O) groups is 2. The van der Waals surface area contributed by atoms with Gasteiger partial charge in [0.2, 0.25) is 5.91 Å². The number of anilines is 1. The van der Waals surface area contributed by atoms with Gasteiger partial charge in [0, 0.05) is 35.4 Å². The number of benzene rings is 3. The molecule has 0 aliphatic carbocycles. The second kappa shape index (κ2) is 10.8. The van der Waals surface area contributed by atoms with Crippen LogP contribution >= 0.6 is 0 Å². The molecule has 0 bridgehead atoms. The van der Waals surface area contributed by atoms with Crippen molar-refractivity contribution in [1.29, 1.82) is 0 Å². The van der Waals surface area contributed by atoms with E-state index in [1.165, 1.54) is 46.0 Å². The third-order valence-electron chi connectivity index (χ3n) is 5.64. The zero-order valence-corrected chi connectivity index (χ0v) is 20.2. The molecular formula is C27H24FN5O4. The quantitative estimate of drug-likeness (QED) is 0.268. The Morgan fingerprint density at radius 1 is 1.03 bits per heavy atom. The lowest BCUT2D eigenvalue weighted by Gasteiger charge is -2.26. The third kappa shape index (κ3) is 5.87. The molecule has 0 spiro atoms. The Balaban J connectivity index is 1.59. The van der Waals surface area contributed by atoms with Gasteiger partial charge in [-0.1, -0.05) is 30.3 Å². The van der Waals surface area contributed by atoms with Crippen molar-refractivity contribution in [3.05, 3.63) is 106 Å². The Morgan fingerprint density at radius 2 is 1.68 bits per heavy atom. The smallest absolute Gasteiger partial charge is 0.269 e. The van der Waals surface area contributed by atoms with Crippen molar-refractivity contribution < 1.29 is 18.9 Å². The van der Waals surface area contributed by atoms with Gasteiger partial charge in [0.05, 0.1) is 16.3 Å². The van der Waals surface area contributed by atoms with Crippen molar-refractivity contribution in [2.75, 3.05) is 11.9 Å². The molecule has 9 nitrogen and oxygen atoms in total. The minimum atomic E-state index is -0.546. The molecule has 4 rings (SSSR count). The highest BCUT2D eigenvalue weighted by molar-refractivity contribution is 5.99. The minimum absolute atomic E-state index is 0.131. The molecule has 10 heteroatoms. The molecule has 3 aromatic carbocycles. The summed E-state index contributed by atoms with van der Waals surface area (Å²) < 4.78 is 15.0. The van der Waals surface area contributed by atoms with Gasteiger partial charge in [0.15, 0.2) is 0 Å². The van der Waals surface area contributed by atoms with Gasteiger partial charge < -0.3 is 10.2 Å². The number of rotatable bonds is 8. The van der Waals surface area contributed by atoms with Crippen LogP contribution in [0.2, 0.25) is 0 Å². The maximum atomic E-state index is 13.5. The van der Waals surface area contributed by atoms with Gasteiger partial charge in [-0.2, -0.15) is 5.10 Å². The zero-order chi connectivity index (χ0) is 26.5. The largest absolute Gasteiger partial charge is 0.327 e. The van der Waals surface area contributed by atoms with Crippen LogP contribution in [0.5, 0.6) is 0 Å². The predicted octanol–water partition coefficient (Wildman–Crippen LogP) is 5.08. The number of aromatic nitrogens is 2. The fourth-order valence-electron chi connectivity index (χ4n) is 3.72. The monoisotopic (exact) mass is 501 g/mol. The van der Waals surface area contributed by atoms with Gasteiger partial charge in [-0.15, -0.1) is 0 Å². The van der Waals surface area contributed by atoms with Crippen LogP contribution in [-0.4, -0.2) is 44.0 Å². The molecule has 0 aliphatic rings. The van der Waals surface area contributed by atoms with E-state index in [0.717, 1.165) is 5.56 Å². The van der Waals surface area contributed by atoms with E-state index in [9.17, 15) is 24.1 Å². The number of nitro benzene ring substituents is 1. The molecular weight excluding hydrogens is 477 g/mol. The van der Waals surface area contributed by atoms with Crippen LogP contribution in [0.25, 0.3) is 16.9 Å². The zero-order valence-electron chi connectivity index (χ0n) is 20.2. The van der Waals surface area contributed by atoms with E-state index in [2.05, 4.69) is 10.4 Å². The maximum Gasteiger partial charge on any atom is 0.269 e. The number of nitrogens with one attached hydrogen (secondary N) is 1. The molecule has 0 saturated heterocycles. The predicted molar refractivity (Wildman–Crippen MR) is 137 cm³/mol. The number of nitrogens with zero attached hydrogens (tertiary/aromatic N) is 4. The molecule has 0 aliphatic heterocycles. The van der Waals surface area contributed by atoms with Crippen LogP contribution in [0.15, 0.2) is 84.9 Å². The first kappa shape index (κ1) is 25.2. The number of amides is 2. The van der Waals surface area contributed by atoms with Gasteiger partial charge in [0.1, 0.15) is 18.2 Å². The van der Waals surface area contributed by atoms with Crippen molar-refractivity contribution >= 4 is 23.3 Å². The van der Waals surface area contributed by atoms with Gasteiger partial charge in [-0.25, -0.2) is 9.07 Å². The first-order valence-corrected chi connectivity index (χ1v) is 11.5. The molecule has 2 amide bonds. The highest BCUT2D eigenvalue weighted by atomic mass is 19.1. The van der Waals surface area contributed by atoms with Crippen molar-refractivity contribution in [1.82, 2.24) is 14.7 Å². The van der Waals surface area contributed by atoms with E-state index in [0.29, 0.717) is 17.2 Å². The van der Waals surface area contributed by atoms with Gasteiger partial charge in [-0.05, 0) is 50.2 Å². The Morgan fingerprint density at radius 3 is 2.27 bits per heavy atom. The van der Waals surface area contributed by atoms with Crippen LogP contribution in [0.4, 0.5) is 15.9 Å². The lowest BCUT2D eigenvalue weighted by atomic mass is 10.1. The standard InChI is InChI=1S/C27H24FN5O4/c1-18(2)31(27(35)20-8-12-23(13-9-20)33(36)37)17-26(34)29-25-16-24(19-6-4-3-5-7-19)30-32(25)22-14-10-21(28)11-15-22/h3-16,18H,17H2,1-2H3,(H,29,34). The van der Waals surface area contributed by atoms with Crippen LogP contribution in [0, 0.1) is 15.9 Å². The summed E-state index contributed by atoms with van der Waals surface area (Å²) in [6.07, 6.45) is 0. The molecule has 0 radical (unpaired) electrons. The summed E-state index contributed by atoms with van der Waals surface area (Å²) in [7, 11) is 0. The van der Waals surface area contributed by atoms with Crippen LogP contribution in [0.3, 0.4) is 0 Å². The number of non-ortho nitro benzene ring substituents is 1. The second-order valence-electron chi connectivity index (χ2n) is 8.55. The van der Waals surface area contributed by atoms with Gasteiger partial charge in [-0.3, -0.25) is 19.7 Å². The lowest BCUT2D eigenvalue weighted by molar-refractivity contribution is -0.384. The van der Waals surface area contributed by atoms with E-state index in [1.807, 2.05) is 30.3 Å². The summed E-state index contributed by atoms with van der Waals surface area (Å²) >= 11 is 0. The fraction of sp³-hybridized carbons (Fsp3) is 0.148. The Labute approximate surface area is 212 Å². The summed E-state index contributed by atoms with van der Waals surface area (Å²) in [5.41, 5.74) is 2.07. The van der Waals surface area contributed by atoms with Crippen molar-refractivity contribution in [2.24, 2.45) is 0 Å². The number of hydrogen-bond acceptors (Lipinski definition) is 5. The van der Waals surface area contributed by atoms with E-state index in [4.69, 9.17) is 0 Å². The molecule has 4 aromatic rings. The fourth-order valence-corrected chi connectivity index (χ4v) is 3.72. The van der Waals surface area contributed by atoms with Crippen molar-refractivity contribution in [3.63, 3.8) is 0 Å². The normalized spacial score (nSPS) is 10.8. The molecule has 0 saturated carbocycles. The Hall–Kier alpha value is -4.86.